The maximum absolute atomic E-state index is 2.55. The lowest BCUT2D eigenvalue weighted by atomic mass is 10.00. The maximum Gasteiger partial charge on any atom is 0.0251 e. The van der Waals surface area contributed by atoms with Crippen molar-refractivity contribution < 1.29 is 0 Å². The van der Waals surface area contributed by atoms with Gasteiger partial charge in [0.05, 0.1) is 0 Å². The fourth-order valence-electron chi connectivity index (χ4n) is 1.94. The lowest BCUT2D eigenvalue weighted by molar-refractivity contribution is 0.179. The average molecular weight is 154 g/mol. The van der Waals surface area contributed by atoms with Gasteiger partial charge in [0.25, 0.3) is 0 Å². The molecule has 0 aliphatic carbocycles. The van der Waals surface area contributed by atoms with Crippen LogP contribution in [0, 0.1) is 6.54 Å². The first-order chi connectivity index (χ1) is 5.38. The summed E-state index contributed by atoms with van der Waals surface area (Å²) in [5, 5.41) is 0. The van der Waals surface area contributed by atoms with Gasteiger partial charge >= 0.3 is 0 Å². The van der Waals surface area contributed by atoms with Crippen LogP contribution in [0.1, 0.15) is 46.0 Å². The number of rotatable bonds is 3. The molecule has 0 aromatic heterocycles. The van der Waals surface area contributed by atoms with E-state index in [9.17, 15) is 0 Å². The first-order valence-corrected chi connectivity index (χ1v) is 4.97. The second-order valence-corrected chi connectivity index (χ2v) is 3.39. The van der Waals surface area contributed by atoms with Crippen LogP contribution in [0.15, 0.2) is 0 Å². The van der Waals surface area contributed by atoms with E-state index in [2.05, 4.69) is 25.3 Å². The van der Waals surface area contributed by atoms with Crippen molar-refractivity contribution in [1.29, 1.82) is 0 Å². The van der Waals surface area contributed by atoms with E-state index in [1.807, 2.05) is 0 Å². The summed E-state index contributed by atoms with van der Waals surface area (Å²) in [6.45, 7) is 8.19. The van der Waals surface area contributed by atoms with Gasteiger partial charge in [0.15, 0.2) is 0 Å². The molecule has 1 saturated heterocycles. The molecule has 1 rings (SSSR count). The molecular weight excluding hydrogens is 134 g/mol. The Morgan fingerprint density at radius 3 is 2.82 bits per heavy atom. The van der Waals surface area contributed by atoms with Crippen molar-refractivity contribution in [3.63, 3.8) is 0 Å². The molecule has 0 amide bonds. The number of likely N-dealkylation sites (tertiary alicyclic amines) is 1. The van der Waals surface area contributed by atoms with Crippen LogP contribution in [-0.2, 0) is 0 Å². The second kappa shape index (κ2) is 4.76. The normalized spacial score (nSPS) is 27.3. The molecule has 1 aliphatic rings. The van der Waals surface area contributed by atoms with Gasteiger partial charge < -0.3 is 0 Å². The zero-order chi connectivity index (χ0) is 8.10. The standard InChI is InChI=1S/C10H20N/c1-3-8-11-9-6-5-7-10(11)4-2/h8,10H,3-7,9H2,1-2H3. The zero-order valence-electron chi connectivity index (χ0n) is 7.84. The largest absolute Gasteiger partial charge is 0.296 e. The number of hydrogen-bond donors (Lipinski definition) is 0. The van der Waals surface area contributed by atoms with Crippen molar-refractivity contribution >= 4 is 0 Å². The third-order valence-corrected chi connectivity index (χ3v) is 2.56. The molecule has 1 heteroatoms. The fraction of sp³-hybridized carbons (Fsp3) is 0.900. The van der Waals surface area contributed by atoms with E-state index in [0.29, 0.717) is 0 Å². The van der Waals surface area contributed by atoms with Gasteiger partial charge in [-0.15, -0.1) is 0 Å². The predicted molar refractivity (Wildman–Crippen MR) is 49.2 cm³/mol. The van der Waals surface area contributed by atoms with Gasteiger partial charge in [0.2, 0.25) is 0 Å². The van der Waals surface area contributed by atoms with Crippen LogP contribution in [0.25, 0.3) is 0 Å². The molecule has 0 N–H and O–H groups in total. The molecule has 1 fully saturated rings. The average Bonchev–Trinajstić information content (AvgIpc) is 2.06. The van der Waals surface area contributed by atoms with Crippen LogP contribution >= 0.6 is 0 Å². The van der Waals surface area contributed by atoms with Crippen LogP contribution in [0.5, 0.6) is 0 Å². The molecule has 1 atom stereocenters. The molecule has 0 saturated carbocycles. The third-order valence-electron chi connectivity index (χ3n) is 2.56. The van der Waals surface area contributed by atoms with E-state index < -0.39 is 0 Å². The quantitative estimate of drug-likeness (QED) is 0.604. The number of hydrogen-bond acceptors (Lipinski definition) is 1. The predicted octanol–water partition coefficient (Wildman–Crippen LogP) is 2.82. The summed E-state index contributed by atoms with van der Waals surface area (Å²) < 4.78 is 0. The van der Waals surface area contributed by atoms with Crippen molar-refractivity contribution in [2.75, 3.05) is 6.54 Å². The van der Waals surface area contributed by atoms with Crippen molar-refractivity contribution in [3.8, 4) is 0 Å². The Hall–Kier alpha value is -0.0400. The monoisotopic (exact) mass is 154 g/mol. The Labute approximate surface area is 70.8 Å². The SMILES string of the molecule is CC[CH]N1CCCCC1CC. The Morgan fingerprint density at radius 1 is 1.36 bits per heavy atom. The maximum atomic E-state index is 2.55. The molecule has 1 heterocycles. The van der Waals surface area contributed by atoms with Crippen molar-refractivity contribution in [2.45, 2.75) is 52.0 Å². The molecular formula is C10H20N. The summed E-state index contributed by atoms with van der Waals surface area (Å²) >= 11 is 0. The van der Waals surface area contributed by atoms with Gasteiger partial charge in [-0.3, -0.25) is 4.90 Å². The molecule has 1 unspecified atom stereocenters. The van der Waals surface area contributed by atoms with Crippen LogP contribution in [0.3, 0.4) is 0 Å². The summed E-state index contributed by atoms with van der Waals surface area (Å²) in [5.41, 5.74) is 0. The van der Waals surface area contributed by atoms with Crippen molar-refractivity contribution in [2.24, 2.45) is 0 Å². The van der Waals surface area contributed by atoms with Crippen LogP contribution in [0.4, 0.5) is 0 Å². The third kappa shape index (κ3) is 2.48. The van der Waals surface area contributed by atoms with Gasteiger partial charge in [-0.05, 0) is 32.2 Å². The van der Waals surface area contributed by atoms with Crippen LogP contribution < -0.4 is 0 Å². The highest BCUT2D eigenvalue weighted by Crippen LogP contribution is 2.20. The van der Waals surface area contributed by atoms with Crippen molar-refractivity contribution in [3.05, 3.63) is 6.54 Å². The molecule has 11 heavy (non-hydrogen) atoms. The Balaban J connectivity index is 2.31. The summed E-state index contributed by atoms with van der Waals surface area (Å²) in [6, 6.07) is 0.851. The summed E-state index contributed by atoms with van der Waals surface area (Å²) in [6.07, 6.45) is 6.75. The smallest absolute Gasteiger partial charge is 0.0251 e. The highest BCUT2D eigenvalue weighted by atomic mass is 15.2. The lowest BCUT2D eigenvalue weighted by Crippen LogP contribution is -2.36. The van der Waals surface area contributed by atoms with E-state index in [0.717, 1.165) is 6.04 Å². The fourth-order valence-corrected chi connectivity index (χ4v) is 1.94. The molecule has 0 aromatic rings. The van der Waals surface area contributed by atoms with Gasteiger partial charge in [-0.1, -0.05) is 20.3 Å². The Bertz CT molecular complexity index is 99.0. The first kappa shape index (κ1) is 9.05. The summed E-state index contributed by atoms with van der Waals surface area (Å²) in [7, 11) is 0. The van der Waals surface area contributed by atoms with Crippen molar-refractivity contribution in [1.82, 2.24) is 4.90 Å². The minimum absolute atomic E-state index is 0.851. The molecule has 65 valence electrons. The van der Waals surface area contributed by atoms with E-state index in [1.54, 1.807) is 0 Å². The van der Waals surface area contributed by atoms with E-state index in [-0.39, 0.29) is 0 Å². The molecule has 0 spiro atoms. The molecule has 1 radical (unpaired) electrons. The van der Waals surface area contributed by atoms with E-state index in [1.165, 1.54) is 38.6 Å². The first-order valence-electron chi connectivity index (χ1n) is 4.97. The topological polar surface area (TPSA) is 3.24 Å². The van der Waals surface area contributed by atoms with Crippen LogP contribution in [0.2, 0.25) is 0 Å². The molecule has 0 aromatic carbocycles. The van der Waals surface area contributed by atoms with Crippen LogP contribution in [-0.4, -0.2) is 17.5 Å². The molecule has 0 bridgehead atoms. The van der Waals surface area contributed by atoms with E-state index in [4.69, 9.17) is 0 Å². The Kier molecular flexibility index (Phi) is 3.92. The van der Waals surface area contributed by atoms with Gasteiger partial charge in [-0.25, -0.2) is 0 Å². The van der Waals surface area contributed by atoms with E-state index >= 15 is 0 Å². The zero-order valence-corrected chi connectivity index (χ0v) is 7.84. The van der Waals surface area contributed by atoms with Gasteiger partial charge in [-0.2, -0.15) is 0 Å². The summed E-state index contributed by atoms with van der Waals surface area (Å²) in [5.74, 6) is 0. The minimum Gasteiger partial charge on any atom is -0.296 e. The number of nitrogens with zero attached hydrogens (tertiary/aromatic N) is 1. The van der Waals surface area contributed by atoms with Gasteiger partial charge in [0.1, 0.15) is 0 Å². The summed E-state index contributed by atoms with van der Waals surface area (Å²) in [4.78, 5) is 2.55. The van der Waals surface area contributed by atoms with Gasteiger partial charge in [0, 0.05) is 12.6 Å². The molecule has 1 aliphatic heterocycles. The number of piperidine rings is 1. The Morgan fingerprint density at radius 2 is 2.18 bits per heavy atom. The molecule has 1 nitrogen and oxygen atoms in total. The highest BCUT2D eigenvalue weighted by Gasteiger charge is 2.19. The second-order valence-electron chi connectivity index (χ2n) is 3.39. The highest BCUT2D eigenvalue weighted by molar-refractivity contribution is 4.80. The lowest BCUT2D eigenvalue weighted by Gasteiger charge is -2.34. The minimum atomic E-state index is 0.851.